The van der Waals surface area contributed by atoms with Crippen LogP contribution in [0.3, 0.4) is 0 Å². The first-order valence-corrected chi connectivity index (χ1v) is 5.29. The van der Waals surface area contributed by atoms with Crippen LogP contribution in [-0.2, 0) is 0 Å². The topological polar surface area (TPSA) is 29.3 Å². The molecule has 0 amide bonds. The SMILES string of the molecule is CC(C)(CN)N1CCCC(C(F)(F)F)C1. The number of hydrogen-bond acceptors (Lipinski definition) is 2. The number of rotatable bonds is 2. The Balaban J connectivity index is 2.64. The van der Waals surface area contributed by atoms with Crippen molar-refractivity contribution in [1.29, 1.82) is 0 Å². The Bertz CT molecular complexity index is 213. The van der Waals surface area contributed by atoms with E-state index in [2.05, 4.69) is 0 Å². The van der Waals surface area contributed by atoms with Crippen molar-refractivity contribution in [3.8, 4) is 0 Å². The summed E-state index contributed by atoms with van der Waals surface area (Å²) in [4.78, 5) is 1.86. The highest BCUT2D eigenvalue weighted by molar-refractivity contribution is 4.88. The van der Waals surface area contributed by atoms with Gasteiger partial charge >= 0.3 is 6.18 Å². The van der Waals surface area contributed by atoms with Crippen molar-refractivity contribution >= 4 is 0 Å². The summed E-state index contributed by atoms with van der Waals surface area (Å²) < 4.78 is 37.6. The molecule has 0 aromatic carbocycles. The summed E-state index contributed by atoms with van der Waals surface area (Å²) in [5.74, 6) is -1.18. The fourth-order valence-electron chi connectivity index (χ4n) is 1.92. The molecule has 1 unspecified atom stereocenters. The number of hydrogen-bond donors (Lipinski definition) is 1. The molecule has 0 saturated carbocycles. The molecule has 90 valence electrons. The monoisotopic (exact) mass is 224 g/mol. The van der Waals surface area contributed by atoms with E-state index < -0.39 is 12.1 Å². The molecule has 15 heavy (non-hydrogen) atoms. The van der Waals surface area contributed by atoms with E-state index in [1.54, 1.807) is 0 Å². The lowest BCUT2D eigenvalue weighted by molar-refractivity contribution is -0.190. The molecule has 2 nitrogen and oxygen atoms in total. The highest BCUT2D eigenvalue weighted by atomic mass is 19.4. The van der Waals surface area contributed by atoms with Crippen molar-refractivity contribution in [1.82, 2.24) is 4.90 Å². The third-order valence-electron chi connectivity index (χ3n) is 3.24. The molecule has 1 aliphatic rings. The van der Waals surface area contributed by atoms with Crippen LogP contribution in [0.5, 0.6) is 0 Å². The van der Waals surface area contributed by atoms with Crippen molar-refractivity contribution in [2.45, 2.75) is 38.4 Å². The van der Waals surface area contributed by atoms with Gasteiger partial charge in [0.25, 0.3) is 0 Å². The summed E-state index contributed by atoms with van der Waals surface area (Å²) in [5, 5.41) is 0. The molecule has 0 aromatic rings. The molecule has 1 saturated heterocycles. The van der Waals surface area contributed by atoms with Crippen LogP contribution in [-0.4, -0.2) is 36.2 Å². The Morgan fingerprint density at radius 3 is 2.40 bits per heavy atom. The molecule has 0 bridgehead atoms. The van der Waals surface area contributed by atoms with E-state index in [1.165, 1.54) is 0 Å². The van der Waals surface area contributed by atoms with E-state index in [0.29, 0.717) is 13.0 Å². The third kappa shape index (κ3) is 3.08. The molecule has 0 radical (unpaired) electrons. The van der Waals surface area contributed by atoms with E-state index in [0.717, 1.165) is 6.54 Å². The Hall–Kier alpha value is -0.290. The lowest BCUT2D eigenvalue weighted by atomic mass is 9.92. The number of alkyl halides is 3. The maximum absolute atomic E-state index is 12.5. The van der Waals surface area contributed by atoms with Crippen LogP contribution >= 0.6 is 0 Å². The predicted molar refractivity (Wildman–Crippen MR) is 53.5 cm³/mol. The number of nitrogens with zero attached hydrogens (tertiary/aromatic N) is 1. The minimum Gasteiger partial charge on any atom is -0.329 e. The fraction of sp³-hybridized carbons (Fsp3) is 1.00. The van der Waals surface area contributed by atoms with Crippen LogP contribution in [0, 0.1) is 5.92 Å². The molecule has 1 rings (SSSR count). The number of nitrogens with two attached hydrogens (primary N) is 1. The van der Waals surface area contributed by atoms with Crippen LogP contribution in [0.1, 0.15) is 26.7 Å². The Morgan fingerprint density at radius 2 is 1.93 bits per heavy atom. The van der Waals surface area contributed by atoms with E-state index in [9.17, 15) is 13.2 Å². The molecular weight excluding hydrogens is 205 g/mol. The lowest BCUT2D eigenvalue weighted by Crippen LogP contribution is -2.54. The van der Waals surface area contributed by atoms with Gasteiger partial charge in [0.1, 0.15) is 0 Å². The van der Waals surface area contributed by atoms with Crippen LogP contribution in [0.4, 0.5) is 13.2 Å². The van der Waals surface area contributed by atoms with Gasteiger partial charge in [-0.05, 0) is 33.2 Å². The fourth-order valence-corrected chi connectivity index (χ4v) is 1.92. The molecule has 0 aromatic heterocycles. The predicted octanol–water partition coefficient (Wildman–Crippen LogP) is 2.00. The second kappa shape index (κ2) is 4.29. The molecule has 0 spiro atoms. The normalized spacial score (nSPS) is 25.6. The average molecular weight is 224 g/mol. The molecule has 1 aliphatic heterocycles. The largest absolute Gasteiger partial charge is 0.393 e. The van der Waals surface area contributed by atoms with Crippen molar-refractivity contribution in [2.75, 3.05) is 19.6 Å². The quantitative estimate of drug-likeness (QED) is 0.777. The highest BCUT2D eigenvalue weighted by Crippen LogP contribution is 2.35. The van der Waals surface area contributed by atoms with Gasteiger partial charge in [0, 0.05) is 18.6 Å². The average Bonchev–Trinajstić information content (AvgIpc) is 2.17. The first-order chi connectivity index (χ1) is 6.77. The second-order valence-electron chi connectivity index (χ2n) is 4.84. The minimum atomic E-state index is -4.07. The summed E-state index contributed by atoms with van der Waals surface area (Å²) in [6, 6.07) is 0. The van der Waals surface area contributed by atoms with E-state index >= 15 is 0 Å². The van der Waals surface area contributed by atoms with E-state index in [1.807, 2.05) is 18.7 Å². The highest BCUT2D eigenvalue weighted by Gasteiger charge is 2.43. The summed E-state index contributed by atoms with van der Waals surface area (Å²) >= 11 is 0. The van der Waals surface area contributed by atoms with Gasteiger partial charge in [0.05, 0.1) is 5.92 Å². The summed E-state index contributed by atoms with van der Waals surface area (Å²) in [6.07, 6.45) is -3.21. The molecule has 5 heteroatoms. The van der Waals surface area contributed by atoms with Gasteiger partial charge in [-0.1, -0.05) is 0 Å². The lowest BCUT2D eigenvalue weighted by Gasteiger charge is -2.43. The second-order valence-corrected chi connectivity index (χ2v) is 4.84. The zero-order valence-electron chi connectivity index (χ0n) is 9.27. The van der Waals surface area contributed by atoms with Gasteiger partial charge in [-0.15, -0.1) is 0 Å². The van der Waals surface area contributed by atoms with Crippen molar-refractivity contribution < 1.29 is 13.2 Å². The number of halogens is 3. The first-order valence-electron chi connectivity index (χ1n) is 5.29. The molecule has 1 atom stereocenters. The Morgan fingerprint density at radius 1 is 1.33 bits per heavy atom. The standard InChI is InChI=1S/C10H19F3N2/c1-9(2,7-14)15-5-3-4-8(6-15)10(11,12)13/h8H,3-7,14H2,1-2H3. The van der Waals surface area contributed by atoms with Gasteiger partial charge in [0.15, 0.2) is 0 Å². The van der Waals surface area contributed by atoms with Crippen LogP contribution in [0.2, 0.25) is 0 Å². The summed E-state index contributed by atoms with van der Waals surface area (Å²) in [5.41, 5.74) is 5.24. The molecular formula is C10H19F3N2. The molecule has 2 N–H and O–H groups in total. The molecule has 1 fully saturated rings. The smallest absolute Gasteiger partial charge is 0.329 e. The first kappa shape index (κ1) is 12.8. The van der Waals surface area contributed by atoms with Gasteiger partial charge in [-0.25, -0.2) is 0 Å². The van der Waals surface area contributed by atoms with E-state index in [4.69, 9.17) is 5.73 Å². The maximum Gasteiger partial charge on any atom is 0.393 e. The van der Waals surface area contributed by atoms with Gasteiger partial charge in [-0.3, -0.25) is 4.90 Å². The number of likely N-dealkylation sites (tertiary alicyclic amines) is 1. The van der Waals surface area contributed by atoms with Crippen molar-refractivity contribution in [3.63, 3.8) is 0 Å². The van der Waals surface area contributed by atoms with Gasteiger partial charge in [0.2, 0.25) is 0 Å². The van der Waals surface area contributed by atoms with Crippen LogP contribution in [0.15, 0.2) is 0 Å². The Labute approximate surface area is 88.6 Å². The Kier molecular flexibility index (Phi) is 3.66. The van der Waals surface area contributed by atoms with Crippen molar-refractivity contribution in [3.05, 3.63) is 0 Å². The summed E-state index contributed by atoms with van der Waals surface area (Å²) in [6.45, 7) is 4.99. The zero-order chi connectivity index (χ0) is 11.7. The molecule has 1 heterocycles. The van der Waals surface area contributed by atoms with Crippen molar-refractivity contribution in [2.24, 2.45) is 11.7 Å². The van der Waals surface area contributed by atoms with E-state index in [-0.39, 0.29) is 18.5 Å². The maximum atomic E-state index is 12.5. The number of piperidine rings is 1. The van der Waals surface area contributed by atoms with Crippen LogP contribution in [0.25, 0.3) is 0 Å². The third-order valence-corrected chi connectivity index (χ3v) is 3.24. The summed E-state index contributed by atoms with van der Waals surface area (Å²) in [7, 11) is 0. The molecule has 0 aliphatic carbocycles. The minimum absolute atomic E-state index is 0.0910. The van der Waals surface area contributed by atoms with Crippen LogP contribution < -0.4 is 5.73 Å². The van der Waals surface area contributed by atoms with Gasteiger partial charge in [-0.2, -0.15) is 13.2 Å². The zero-order valence-corrected chi connectivity index (χ0v) is 9.27. The van der Waals surface area contributed by atoms with Gasteiger partial charge < -0.3 is 5.73 Å².